The van der Waals surface area contributed by atoms with Crippen LogP contribution in [-0.2, 0) is 0 Å². The third kappa shape index (κ3) is 4.34. The molecule has 0 amide bonds. The zero-order valence-electron chi connectivity index (χ0n) is 11.2. The van der Waals surface area contributed by atoms with Crippen LogP contribution in [0, 0.1) is 5.82 Å². The molecule has 2 rings (SSSR count). The lowest BCUT2D eigenvalue weighted by Crippen LogP contribution is -2.34. The summed E-state index contributed by atoms with van der Waals surface area (Å²) in [6.45, 7) is 6.13. The fourth-order valence-electron chi connectivity index (χ4n) is 1.99. The van der Waals surface area contributed by atoms with Crippen LogP contribution in [0.4, 0.5) is 4.39 Å². The molecule has 1 aromatic rings. The maximum Gasteiger partial charge on any atom is 0.189 e. The van der Waals surface area contributed by atoms with Crippen molar-refractivity contribution in [2.24, 2.45) is 10.7 Å². The topological polar surface area (TPSA) is 50.4 Å². The van der Waals surface area contributed by atoms with Crippen LogP contribution in [0.5, 0.6) is 0 Å². The maximum atomic E-state index is 13.7. The van der Waals surface area contributed by atoms with Gasteiger partial charge in [-0.2, -0.15) is 0 Å². The highest BCUT2D eigenvalue weighted by molar-refractivity contribution is 14.0. The summed E-state index contributed by atoms with van der Waals surface area (Å²) in [6.07, 6.45) is 0.809. The van der Waals surface area contributed by atoms with Gasteiger partial charge in [0.05, 0.1) is 6.54 Å². The van der Waals surface area contributed by atoms with Crippen molar-refractivity contribution >= 4 is 41.5 Å². The van der Waals surface area contributed by atoms with E-state index in [1.165, 1.54) is 6.07 Å². The van der Waals surface area contributed by atoms with E-state index in [2.05, 4.69) is 16.9 Å². The molecular formula is C14H18ClFIN3. The number of nitrogens with one attached hydrogen (secondary N) is 1. The first kappa shape index (κ1) is 17.2. The molecular weight excluding hydrogens is 392 g/mol. The molecule has 0 bridgehead atoms. The fourth-order valence-corrected chi connectivity index (χ4v) is 2.30. The van der Waals surface area contributed by atoms with E-state index in [1.807, 2.05) is 6.92 Å². The van der Waals surface area contributed by atoms with E-state index in [-0.39, 0.29) is 41.8 Å². The number of nitrogens with zero attached hydrogens (tertiary/aromatic N) is 1. The molecule has 1 aromatic carbocycles. The van der Waals surface area contributed by atoms with Gasteiger partial charge in [0, 0.05) is 22.5 Å². The molecule has 1 fully saturated rings. The molecule has 1 aliphatic rings. The molecule has 6 heteroatoms. The number of benzene rings is 1. The smallest absolute Gasteiger partial charge is 0.189 e. The number of halogens is 3. The molecule has 1 saturated carbocycles. The third-order valence-electron chi connectivity index (χ3n) is 3.01. The largest absolute Gasteiger partial charge is 0.370 e. The molecule has 3 nitrogen and oxygen atoms in total. The molecule has 2 unspecified atom stereocenters. The second-order valence-electron chi connectivity index (χ2n) is 4.89. The number of rotatable bonds is 4. The standard InChI is InChI=1S/C14H17ClFN3.HI/c1-8(2)7-18-14(17)19-12-6-9(12)13-10(15)4-3-5-11(13)16;/h3-5,9,12H,1,6-7H2,2H3,(H3,17,18,19);1H. The highest BCUT2D eigenvalue weighted by atomic mass is 127. The number of aliphatic imine (C=N–C) groups is 1. The fraction of sp³-hybridized carbons (Fsp3) is 0.357. The van der Waals surface area contributed by atoms with Gasteiger partial charge in [-0.05, 0) is 25.5 Å². The molecule has 0 heterocycles. The summed E-state index contributed by atoms with van der Waals surface area (Å²) in [6, 6.07) is 4.83. The van der Waals surface area contributed by atoms with Crippen LogP contribution in [0.2, 0.25) is 5.02 Å². The van der Waals surface area contributed by atoms with Crippen molar-refractivity contribution in [2.45, 2.75) is 25.3 Å². The van der Waals surface area contributed by atoms with E-state index in [0.29, 0.717) is 23.1 Å². The molecule has 0 aliphatic heterocycles. The Bertz CT molecular complexity index is 513. The molecule has 0 saturated heterocycles. The van der Waals surface area contributed by atoms with Gasteiger partial charge in [-0.1, -0.05) is 29.8 Å². The predicted octanol–water partition coefficient (Wildman–Crippen LogP) is 3.43. The van der Waals surface area contributed by atoms with E-state index >= 15 is 0 Å². The monoisotopic (exact) mass is 409 g/mol. The van der Waals surface area contributed by atoms with E-state index in [9.17, 15) is 4.39 Å². The highest BCUT2D eigenvalue weighted by Crippen LogP contribution is 2.44. The Hall–Kier alpha value is -0.820. The van der Waals surface area contributed by atoms with Crippen LogP contribution >= 0.6 is 35.6 Å². The lowest BCUT2D eigenvalue weighted by atomic mass is 10.1. The van der Waals surface area contributed by atoms with Crippen LogP contribution < -0.4 is 11.1 Å². The van der Waals surface area contributed by atoms with Gasteiger partial charge >= 0.3 is 0 Å². The van der Waals surface area contributed by atoms with Gasteiger partial charge in [-0.25, -0.2) is 9.38 Å². The van der Waals surface area contributed by atoms with Gasteiger partial charge in [-0.15, -0.1) is 24.0 Å². The molecule has 2 atom stereocenters. The van der Waals surface area contributed by atoms with Crippen molar-refractivity contribution in [2.75, 3.05) is 6.54 Å². The van der Waals surface area contributed by atoms with Crippen molar-refractivity contribution in [3.63, 3.8) is 0 Å². The Morgan fingerprint density at radius 3 is 2.90 bits per heavy atom. The summed E-state index contributed by atoms with van der Waals surface area (Å²) >= 11 is 6.03. The van der Waals surface area contributed by atoms with Gasteiger partial charge in [0.2, 0.25) is 0 Å². The minimum Gasteiger partial charge on any atom is -0.370 e. The Morgan fingerprint density at radius 2 is 2.30 bits per heavy atom. The third-order valence-corrected chi connectivity index (χ3v) is 3.34. The summed E-state index contributed by atoms with van der Waals surface area (Å²) in [5, 5.41) is 3.54. The summed E-state index contributed by atoms with van der Waals surface area (Å²) in [4.78, 5) is 4.13. The molecule has 20 heavy (non-hydrogen) atoms. The molecule has 1 aliphatic carbocycles. The van der Waals surface area contributed by atoms with Crippen molar-refractivity contribution in [1.29, 1.82) is 0 Å². The van der Waals surface area contributed by atoms with Crippen LogP contribution in [0.1, 0.15) is 24.8 Å². The van der Waals surface area contributed by atoms with Crippen molar-refractivity contribution < 1.29 is 4.39 Å². The minimum absolute atomic E-state index is 0. The lowest BCUT2D eigenvalue weighted by Gasteiger charge is -2.07. The Labute approximate surface area is 140 Å². The van der Waals surface area contributed by atoms with E-state index in [0.717, 1.165) is 12.0 Å². The first-order valence-corrected chi connectivity index (χ1v) is 6.51. The first-order valence-electron chi connectivity index (χ1n) is 6.13. The normalized spacial score (nSPS) is 21.1. The number of hydrogen-bond acceptors (Lipinski definition) is 1. The lowest BCUT2D eigenvalue weighted by molar-refractivity contribution is 0.608. The first-order chi connectivity index (χ1) is 8.99. The quantitative estimate of drug-likeness (QED) is 0.346. The second kappa shape index (κ2) is 7.26. The zero-order chi connectivity index (χ0) is 14.0. The molecule has 0 aromatic heterocycles. The van der Waals surface area contributed by atoms with Crippen molar-refractivity contribution in [1.82, 2.24) is 5.32 Å². The molecule has 110 valence electrons. The van der Waals surface area contributed by atoms with Crippen molar-refractivity contribution in [3.8, 4) is 0 Å². The van der Waals surface area contributed by atoms with Gasteiger partial charge in [0.15, 0.2) is 5.96 Å². The summed E-state index contributed by atoms with van der Waals surface area (Å²) < 4.78 is 13.7. The second-order valence-corrected chi connectivity index (χ2v) is 5.29. The number of nitrogens with two attached hydrogens (primary N) is 1. The summed E-state index contributed by atoms with van der Waals surface area (Å²) in [5.41, 5.74) is 7.25. The summed E-state index contributed by atoms with van der Waals surface area (Å²) in [5.74, 6) is 0.162. The Balaban J connectivity index is 0.00000200. The average molecular weight is 410 g/mol. The number of hydrogen-bond donors (Lipinski definition) is 2. The molecule has 0 spiro atoms. The molecule has 0 radical (unpaired) electrons. The zero-order valence-corrected chi connectivity index (χ0v) is 14.3. The van der Waals surface area contributed by atoms with E-state index < -0.39 is 0 Å². The van der Waals surface area contributed by atoms with Crippen LogP contribution in [0.25, 0.3) is 0 Å². The van der Waals surface area contributed by atoms with Gasteiger partial charge in [0.1, 0.15) is 5.82 Å². The van der Waals surface area contributed by atoms with Gasteiger partial charge in [0.25, 0.3) is 0 Å². The molecule has 3 N–H and O–H groups in total. The van der Waals surface area contributed by atoms with Gasteiger partial charge < -0.3 is 11.1 Å². The number of guanidine groups is 1. The van der Waals surface area contributed by atoms with E-state index in [1.54, 1.807) is 12.1 Å². The van der Waals surface area contributed by atoms with E-state index in [4.69, 9.17) is 17.3 Å². The van der Waals surface area contributed by atoms with Crippen LogP contribution in [0.3, 0.4) is 0 Å². The maximum absolute atomic E-state index is 13.7. The summed E-state index contributed by atoms with van der Waals surface area (Å²) in [7, 11) is 0. The van der Waals surface area contributed by atoms with Gasteiger partial charge in [-0.3, -0.25) is 0 Å². The Morgan fingerprint density at radius 1 is 1.60 bits per heavy atom. The van der Waals surface area contributed by atoms with Crippen molar-refractivity contribution in [3.05, 3.63) is 46.8 Å². The Kier molecular flexibility index (Phi) is 6.26. The SMILES string of the molecule is C=C(C)CN=C(N)NC1CC1c1c(F)cccc1Cl.I. The average Bonchev–Trinajstić information content (AvgIpc) is 3.05. The predicted molar refractivity (Wildman–Crippen MR) is 92.4 cm³/mol. The van der Waals surface area contributed by atoms with Crippen LogP contribution in [0.15, 0.2) is 35.3 Å². The highest BCUT2D eigenvalue weighted by Gasteiger charge is 2.41. The minimum atomic E-state index is -0.265. The van der Waals surface area contributed by atoms with Crippen LogP contribution in [-0.4, -0.2) is 18.5 Å².